The summed E-state index contributed by atoms with van der Waals surface area (Å²) >= 11 is 5.61. The van der Waals surface area contributed by atoms with Crippen molar-refractivity contribution in [3.63, 3.8) is 0 Å². The minimum atomic E-state index is 0.575. The molecule has 0 N–H and O–H groups in total. The van der Waals surface area contributed by atoms with Gasteiger partial charge < -0.3 is 0 Å². The van der Waals surface area contributed by atoms with Crippen molar-refractivity contribution in [1.29, 1.82) is 0 Å². The lowest BCUT2D eigenvalue weighted by Crippen LogP contribution is -1.98. The van der Waals surface area contributed by atoms with Gasteiger partial charge in [-0.05, 0) is 46.7 Å². The second kappa shape index (κ2) is 3.83. The number of aromatic nitrogens is 2. The van der Waals surface area contributed by atoms with Crippen LogP contribution in [0.25, 0.3) is 5.52 Å². The summed E-state index contributed by atoms with van der Waals surface area (Å²) in [7, 11) is 0. The molecule has 4 heteroatoms. The van der Waals surface area contributed by atoms with Crippen LogP contribution in [0.15, 0.2) is 29.0 Å². The first kappa shape index (κ1) is 9.73. The molecule has 1 unspecified atom stereocenters. The number of nitrogens with zero attached hydrogens (tertiary/aromatic N) is 2. The van der Waals surface area contributed by atoms with Gasteiger partial charge in [-0.3, -0.25) is 4.40 Å². The van der Waals surface area contributed by atoms with Crippen molar-refractivity contribution < 1.29 is 0 Å². The van der Waals surface area contributed by atoms with Crippen molar-refractivity contribution in [3.05, 3.63) is 34.8 Å². The van der Waals surface area contributed by atoms with Crippen LogP contribution in [0.1, 0.15) is 23.9 Å². The van der Waals surface area contributed by atoms with E-state index in [0.717, 1.165) is 4.60 Å². The van der Waals surface area contributed by atoms with Crippen LogP contribution < -0.4 is 0 Å². The molecule has 2 aromatic rings. The van der Waals surface area contributed by atoms with Crippen LogP contribution in [-0.4, -0.2) is 15.1 Å². The first-order valence-electron chi connectivity index (χ1n) is 5.10. The quantitative estimate of drug-likeness (QED) is 0.743. The summed E-state index contributed by atoms with van der Waals surface area (Å²) in [5, 5.41) is 0.575. The van der Waals surface area contributed by atoms with Gasteiger partial charge in [-0.15, -0.1) is 0 Å². The van der Waals surface area contributed by atoms with E-state index in [2.05, 4.69) is 37.4 Å². The normalized spacial score (nSPS) is 21.3. The van der Waals surface area contributed by atoms with E-state index < -0.39 is 0 Å². The monoisotopic (exact) mass is 282 g/mol. The second-order valence-corrected chi connectivity index (χ2v) is 5.85. The van der Waals surface area contributed by atoms with E-state index in [1.807, 2.05) is 24.0 Å². The highest BCUT2D eigenvalue weighted by atomic mass is 79.9. The predicted molar refractivity (Wildman–Crippen MR) is 67.3 cm³/mol. The molecule has 1 aliphatic heterocycles. The van der Waals surface area contributed by atoms with Gasteiger partial charge in [-0.2, -0.15) is 11.8 Å². The summed E-state index contributed by atoms with van der Waals surface area (Å²) in [6.45, 7) is 0. The van der Waals surface area contributed by atoms with E-state index in [1.165, 1.54) is 29.9 Å². The molecule has 1 aliphatic rings. The smallest absolute Gasteiger partial charge is 0.127 e. The third kappa shape index (κ3) is 1.60. The second-order valence-electron chi connectivity index (χ2n) is 3.73. The average molecular weight is 283 g/mol. The maximum Gasteiger partial charge on any atom is 0.127 e. The number of hydrogen-bond donors (Lipinski definition) is 0. The summed E-state index contributed by atoms with van der Waals surface area (Å²) in [6.07, 6.45) is 4.53. The maximum absolute atomic E-state index is 4.55. The third-order valence-electron chi connectivity index (χ3n) is 2.75. The Morgan fingerprint density at radius 1 is 1.47 bits per heavy atom. The molecule has 0 aliphatic carbocycles. The Kier molecular flexibility index (Phi) is 2.48. The molecular weight excluding hydrogens is 272 g/mol. The molecule has 0 bridgehead atoms. The largest absolute Gasteiger partial charge is 0.290 e. The SMILES string of the molecule is Brc1cccc2cnc(C3CCCS3)n12. The number of fused-ring (bicyclic) bond motifs is 1. The van der Waals surface area contributed by atoms with Gasteiger partial charge in [-0.1, -0.05) is 6.07 Å². The van der Waals surface area contributed by atoms with Gasteiger partial charge in [0.1, 0.15) is 5.82 Å². The lowest BCUT2D eigenvalue weighted by atomic mass is 10.2. The summed E-state index contributed by atoms with van der Waals surface area (Å²) in [5.74, 6) is 2.46. The van der Waals surface area contributed by atoms with Crippen molar-refractivity contribution in [2.45, 2.75) is 18.1 Å². The first-order valence-corrected chi connectivity index (χ1v) is 6.94. The average Bonchev–Trinajstić information content (AvgIpc) is 2.85. The third-order valence-corrected chi connectivity index (χ3v) is 4.74. The number of pyridine rings is 1. The van der Waals surface area contributed by atoms with E-state index in [0.29, 0.717) is 5.25 Å². The minimum absolute atomic E-state index is 0.575. The highest BCUT2D eigenvalue weighted by molar-refractivity contribution is 9.10. The highest BCUT2D eigenvalue weighted by Gasteiger charge is 2.22. The van der Waals surface area contributed by atoms with Gasteiger partial charge in [0.05, 0.1) is 21.6 Å². The van der Waals surface area contributed by atoms with Gasteiger partial charge in [0.15, 0.2) is 0 Å². The Balaban J connectivity index is 2.18. The van der Waals surface area contributed by atoms with Crippen molar-refractivity contribution >= 4 is 33.2 Å². The predicted octanol–water partition coefficient (Wildman–Crippen LogP) is 3.66. The van der Waals surface area contributed by atoms with Gasteiger partial charge in [0, 0.05) is 0 Å². The molecule has 0 aromatic carbocycles. The molecule has 2 aromatic heterocycles. The van der Waals surface area contributed by atoms with Crippen LogP contribution in [0.5, 0.6) is 0 Å². The number of halogens is 1. The molecule has 1 atom stereocenters. The Morgan fingerprint density at radius 2 is 2.40 bits per heavy atom. The molecule has 3 rings (SSSR count). The van der Waals surface area contributed by atoms with Crippen molar-refractivity contribution in [1.82, 2.24) is 9.38 Å². The molecular formula is C11H11BrN2S. The fraction of sp³-hybridized carbons (Fsp3) is 0.364. The van der Waals surface area contributed by atoms with Crippen molar-refractivity contribution in [2.24, 2.45) is 0 Å². The lowest BCUT2D eigenvalue weighted by molar-refractivity contribution is 0.770. The minimum Gasteiger partial charge on any atom is -0.290 e. The summed E-state index contributed by atoms with van der Waals surface area (Å²) < 4.78 is 3.31. The number of rotatable bonds is 1. The zero-order chi connectivity index (χ0) is 10.3. The fourth-order valence-electron chi connectivity index (χ4n) is 2.04. The molecule has 0 saturated carbocycles. The van der Waals surface area contributed by atoms with E-state index in [1.54, 1.807) is 0 Å². The van der Waals surface area contributed by atoms with Crippen LogP contribution in [0, 0.1) is 0 Å². The van der Waals surface area contributed by atoms with Gasteiger partial charge in [0.2, 0.25) is 0 Å². The summed E-state index contributed by atoms with van der Waals surface area (Å²) in [5.41, 5.74) is 1.17. The molecule has 2 nitrogen and oxygen atoms in total. The zero-order valence-electron chi connectivity index (χ0n) is 8.19. The first-order chi connectivity index (χ1) is 7.36. The number of imidazole rings is 1. The standard InChI is InChI=1S/C11H11BrN2S/c12-10-5-1-3-8-7-13-11(14(8)10)9-4-2-6-15-9/h1,3,5,7,9H,2,4,6H2. The Hall–Kier alpha value is -0.480. The topological polar surface area (TPSA) is 17.3 Å². The molecule has 0 radical (unpaired) electrons. The van der Waals surface area contributed by atoms with E-state index in [4.69, 9.17) is 0 Å². The van der Waals surface area contributed by atoms with Gasteiger partial charge >= 0.3 is 0 Å². The Morgan fingerprint density at radius 3 is 3.20 bits per heavy atom. The van der Waals surface area contributed by atoms with E-state index in [9.17, 15) is 0 Å². The Labute approximate surface area is 101 Å². The fourth-order valence-corrected chi connectivity index (χ4v) is 3.84. The highest BCUT2D eigenvalue weighted by Crippen LogP contribution is 2.39. The van der Waals surface area contributed by atoms with Crippen LogP contribution in [-0.2, 0) is 0 Å². The van der Waals surface area contributed by atoms with Crippen molar-refractivity contribution in [2.75, 3.05) is 5.75 Å². The van der Waals surface area contributed by atoms with Crippen LogP contribution in [0.4, 0.5) is 0 Å². The molecule has 15 heavy (non-hydrogen) atoms. The van der Waals surface area contributed by atoms with Gasteiger partial charge in [-0.25, -0.2) is 4.98 Å². The van der Waals surface area contributed by atoms with E-state index >= 15 is 0 Å². The number of thioether (sulfide) groups is 1. The molecule has 1 saturated heterocycles. The van der Waals surface area contributed by atoms with Crippen LogP contribution >= 0.6 is 27.7 Å². The van der Waals surface area contributed by atoms with E-state index in [-0.39, 0.29) is 0 Å². The molecule has 0 spiro atoms. The molecule has 78 valence electrons. The summed E-state index contributed by atoms with van der Waals surface area (Å²) in [4.78, 5) is 4.55. The van der Waals surface area contributed by atoms with Crippen LogP contribution in [0.3, 0.4) is 0 Å². The molecule has 1 fully saturated rings. The summed E-state index contributed by atoms with van der Waals surface area (Å²) in [6, 6.07) is 6.21. The zero-order valence-corrected chi connectivity index (χ0v) is 10.6. The number of hydrogen-bond acceptors (Lipinski definition) is 2. The van der Waals surface area contributed by atoms with Crippen LogP contribution in [0.2, 0.25) is 0 Å². The van der Waals surface area contributed by atoms with Gasteiger partial charge in [0.25, 0.3) is 0 Å². The van der Waals surface area contributed by atoms with Crippen molar-refractivity contribution in [3.8, 4) is 0 Å². The molecule has 3 heterocycles. The lowest BCUT2D eigenvalue weighted by Gasteiger charge is -2.08. The molecule has 0 amide bonds. The maximum atomic E-state index is 4.55. The Bertz CT molecular complexity index is 488.